The first-order valence-electron chi connectivity index (χ1n) is 4.67. The number of carbonyl (C=O) groups is 1. The molecule has 0 radical (unpaired) electrons. The molecular formula is C12H13NO2. The van der Waals surface area contributed by atoms with Crippen molar-refractivity contribution in [3.8, 4) is 11.8 Å². The molecule has 0 saturated heterocycles. The van der Waals surface area contributed by atoms with E-state index in [-0.39, 0.29) is 6.61 Å². The van der Waals surface area contributed by atoms with Crippen LogP contribution in [0.2, 0.25) is 0 Å². The van der Waals surface area contributed by atoms with Crippen LogP contribution in [0.25, 0.3) is 0 Å². The summed E-state index contributed by atoms with van der Waals surface area (Å²) in [5.41, 5.74) is 6.94. The van der Waals surface area contributed by atoms with Crippen molar-refractivity contribution in [2.24, 2.45) is 5.73 Å². The van der Waals surface area contributed by atoms with E-state index in [2.05, 4.69) is 16.6 Å². The van der Waals surface area contributed by atoms with Gasteiger partial charge >= 0.3 is 6.09 Å². The lowest BCUT2D eigenvalue weighted by atomic mass is 10.1. The maximum Gasteiger partial charge on any atom is 0.404 e. The molecule has 15 heavy (non-hydrogen) atoms. The number of amides is 1. The van der Waals surface area contributed by atoms with E-state index >= 15 is 0 Å². The van der Waals surface area contributed by atoms with Crippen molar-refractivity contribution in [1.82, 2.24) is 0 Å². The van der Waals surface area contributed by atoms with Gasteiger partial charge < -0.3 is 10.5 Å². The molecule has 1 aromatic carbocycles. The average Bonchev–Trinajstić information content (AvgIpc) is 2.20. The maximum absolute atomic E-state index is 10.2. The van der Waals surface area contributed by atoms with Crippen LogP contribution in [0, 0.1) is 18.8 Å². The quantitative estimate of drug-likeness (QED) is 0.589. The summed E-state index contributed by atoms with van der Waals surface area (Å²) in [4.78, 5) is 10.2. The highest BCUT2D eigenvalue weighted by Crippen LogP contribution is 2.04. The number of carbonyl (C=O) groups excluding carboxylic acids is 1. The summed E-state index contributed by atoms with van der Waals surface area (Å²) in [5, 5.41) is 0. The Labute approximate surface area is 89.2 Å². The van der Waals surface area contributed by atoms with Gasteiger partial charge in [0.05, 0.1) is 0 Å². The Balaban J connectivity index is 2.45. The minimum atomic E-state index is -0.757. The number of hydrogen-bond acceptors (Lipinski definition) is 2. The molecule has 2 N–H and O–H groups in total. The minimum absolute atomic E-state index is 0.244. The molecule has 0 heterocycles. The van der Waals surface area contributed by atoms with Crippen LogP contribution in [-0.2, 0) is 4.74 Å². The van der Waals surface area contributed by atoms with Gasteiger partial charge in [-0.3, -0.25) is 0 Å². The van der Waals surface area contributed by atoms with E-state index in [0.29, 0.717) is 6.42 Å². The number of aryl methyl sites for hydroxylation is 1. The van der Waals surface area contributed by atoms with Gasteiger partial charge in [0.25, 0.3) is 0 Å². The zero-order valence-corrected chi connectivity index (χ0v) is 8.62. The number of primary amides is 1. The van der Waals surface area contributed by atoms with Crippen molar-refractivity contribution in [2.75, 3.05) is 6.61 Å². The summed E-state index contributed by atoms with van der Waals surface area (Å²) in [5.74, 6) is 5.92. The van der Waals surface area contributed by atoms with Gasteiger partial charge in [-0.15, -0.1) is 0 Å². The fourth-order valence-corrected chi connectivity index (χ4v) is 1.07. The van der Waals surface area contributed by atoms with E-state index in [1.807, 2.05) is 31.2 Å². The van der Waals surface area contributed by atoms with Crippen molar-refractivity contribution >= 4 is 6.09 Å². The van der Waals surface area contributed by atoms with Crippen molar-refractivity contribution in [3.05, 3.63) is 35.4 Å². The molecule has 0 spiro atoms. The van der Waals surface area contributed by atoms with Gasteiger partial charge in [-0.1, -0.05) is 30.0 Å². The number of nitrogens with two attached hydrogens (primary N) is 1. The summed E-state index contributed by atoms with van der Waals surface area (Å²) in [6.45, 7) is 2.25. The number of hydrogen-bond donors (Lipinski definition) is 1. The van der Waals surface area contributed by atoms with E-state index in [0.717, 1.165) is 11.1 Å². The molecule has 1 rings (SSSR count). The highest BCUT2D eigenvalue weighted by atomic mass is 16.5. The zero-order valence-electron chi connectivity index (χ0n) is 8.62. The van der Waals surface area contributed by atoms with E-state index in [1.54, 1.807) is 0 Å². The Hall–Kier alpha value is -1.95. The monoisotopic (exact) mass is 203 g/mol. The van der Waals surface area contributed by atoms with Gasteiger partial charge in [0.15, 0.2) is 0 Å². The maximum atomic E-state index is 10.2. The van der Waals surface area contributed by atoms with E-state index in [9.17, 15) is 4.79 Å². The molecule has 0 aromatic heterocycles. The third-order valence-electron chi connectivity index (χ3n) is 1.84. The van der Waals surface area contributed by atoms with E-state index in [1.165, 1.54) is 0 Å². The standard InChI is InChI=1S/C12H13NO2/c1-10-6-2-3-7-11(10)8-4-5-9-15-12(13)14/h2-3,6-7H,5,9H2,1H3,(H2,13,14). The van der Waals surface area contributed by atoms with Crippen LogP contribution in [0.4, 0.5) is 4.79 Å². The molecule has 3 heteroatoms. The zero-order chi connectivity index (χ0) is 11.1. The third-order valence-corrected chi connectivity index (χ3v) is 1.84. The number of benzene rings is 1. The molecule has 0 saturated carbocycles. The molecule has 0 aliphatic carbocycles. The molecule has 0 bridgehead atoms. The number of ether oxygens (including phenoxy) is 1. The molecule has 78 valence electrons. The second-order valence-corrected chi connectivity index (χ2v) is 3.03. The summed E-state index contributed by atoms with van der Waals surface area (Å²) >= 11 is 0. The van der Waals surface area contributed by atoms with Gasteiger partial charge in [0, 0.05) is 12.0 Å². The molecule has 0 aliphatic heterocycles. The Morgan fingerprint density at radius 1 is 1.47 bits per heavy atom. The predicted molar refractivity (Wildman–Crippen MR) is 58.2 cm³/mol. The highest BCUT2D eigenvalue weighted by molar-refractivity contribution is 5.64. The van der Waals surface area contributed by atoms with Crippen LogP contribution in [0.15, 0.2) is 24.3 Å². The molecular weight excluding hydrogens is 190 g/mol. The summed E-state index contributed by atoms with van der Waals surface area (Å²) in [7, 11) is 0. The molecule has 1 amide bonds. The second kappa shape index (κ2) is 5.71. The lowest BCUT2D eigenvalue weighted by Crippen LogP contribution is -2.13. The summed E-state index contributed by atoms with van der Waals surface area (Å²) in [6, 6.07) is 7.87. The Morgan fingerprint density at radius 3 is 2.87 bits per heavy atom. The highest BCUT2D eigenvalue weighted by Gasteiger charge is 1.91. The molecule has 0 aliphatic rings. The minimum Gasteiger partial charge on any atom is -0.449 e. The topological polar surface area (TPSA) is 52.3 Å². The molecule has 0 fully saturated rings. The van der Waals surface area contributed by atoms with Gasteiger partial charge in [-0.25, -0.2) is 4.79 Å². The fourth-order valence-electron chi connectivity index (χ4n) is 1.07. The fraction of sp³-hybridized carbons (Fsp3) is 0.250. The van der Waals surface area contributed by atoms with Crippen molar-refractivity contribution in [1.29, 1.82) is 0 Å². The second-order valence-electron chi connectivity index (χ2n) is 3.03. The van der Waals surface area contributed by atoms with Crippen LogP contribution in [0.3, 0.4) is 0 Å². The first-order chi connectivity index (χ1) is 7.20. The number of rotatable bonds is 2. The first kappa shape index (κ1) is 11.1. The first-order valence-corrected chi connectivity index (χ1v) is 4.67. The average molecular weight is 203 g/mol. The Morgan fingerprint density at radius 2 is 2.20 bits per heavy atom. The molecule has 3 nitrogen and oxygen atoms in total. The lowest BCUT2D eigenvalue weighted by Gasteiger charge is -1.96. The van der Waals surface area contributed by atoms with Crippen molar-refractivity contribution in [2.45, 2.75) is 13.3 Å². The smallest absolute Gasteiger partial charge is 0.404 e. The largest absolute Gasteiger partial charge is 0.449 e. The summed E-state index contributed by atoms with van der Waals surface area (Å²) in [6.07, 6.45) is -0.259. The van der Waals surface area contributed by atoms with Gasteiger partial charge in [0.1, 0.15) is 6.61 Å². The Bertz CT molecular complexity index is 402. The molecule has 1 aromatic rings. The summed E-state index contributed by atoms with van der Waals surface area (Å²) < 4.78 is 4.55. The van der Waals surface area contributed by atoms with Gasteiger partial charge in [-0.2, -0.15) is 0 Å². The normalized spacial score (nSPS) is 8.87. The SMILES string of the molecule is Cc1ccccc1C#CCCOC(N)=O. The van der Waals surface area contributed by atoms with Crippen LogP contribution >= 0.6 is 0 Å². The van der Waals surface area contributed by atoms with Crippen LogP contribution in [0.1, 0.15) is 17.5 Å². The van der Waals surface area contributed by atoms with Crippen molar-refractivity contribution in [3.63, 3.8) is 0 Å². The van der Waals surface area contributed by atoms with Crippen LogP contribution in [0.5, 0.6) is 0 Å². The third kappa shape index (κ3) is 4.19. The van der Waals surface area contributed by atoms with Crippen molar-refractivity contribution < 1.29 is 9.53 Å². The molecule has 0 unspecified atom stereocenters. The molecule has 0 atom stereocenters. The predicted octanol–water partition coefficient (Wildman–Crippen LogP) is 1.83. The van der Waals surface area contributed by atoms with E-state index < -0.39 is 6.09 Å². The van der Waals surface area contributed by atoms with Crippen LogP contribution < -0.4 is 5.73 Å². The Kier molecular flexibility index (Phi) is 4.24. The van der Waals surface area contributed by atoms with E-state index in [4.69, 9.17) is 5.73 Å². The lowest BCUT2D eigenvalue weighted by molar-refractivity contribution is 0.159. The van der Waals surface area contributed by atoms with Gasteiger partial charge in [-0.05, 0) is 18.6 Å². The van der Waals surface area contributed by atoms with Gasteiger partial charge in [0.2, 0.25) is 0 Å². The van der Waals surface area contributed by atoms with Crippen LogP contribution in [-0.4, -0.2) is 12.7 Å².